The molecule has 43 heavy (non-hydrogen) atoms. The van der Waals surface area contributed by atoms with Gasteiger partial charge >= 0.3 is 0 Å². The van der Waals surface area contributed by atoms with Gasteiger partial charge < -0.3 is 15.5 Å². The zero-order valence-corrected chi connectivity index (χ0v) is 25.1. The van der Waals surface area contributed by atoms with E-state index in [1.165, 1.54) is 17.7 Å². The van der Waals surface area contributed by atoms with Gasteiger partial charge in [0, 0.05) is 52.4 Å². The van der Waals surface area contributed by atoms with Crippen LogP contribution in [0.25, 0.3) is 27.0 Å². The van der Waals surface area contributed by atoms with Crippen LogP contribution in [-0.4, -0.2) is 17.0 Å². The number of thiophene rings is 1. The zero-order chi connectivity index (χ0) is 30.3. The number of aromatic nitrogens is 2. The van der Waals surface area contributed by atoms with Crippen LogP contribution in [0.5, 0.6) is 0 Å². The molecule has 0 radical (unpaired) electrons. The second-order valence-electron chi connectivity index (χ2n) is 10.2. The topological polar surface area (TPSA) is 76.9 Å². The highest BCUT2D eigenvalue weighted by atomic mass is 32.1. The lowest BCUT2D eigenvalue weighted by Gasteiger charge is -2.20. The van der Waals surface area contributed by atoms with Crippen molar-refractivity contribution in [3.63, 3.8) is 0 Å². The Hall–Kier alpha value is -5.00. The maximum absolute atomic E-state index is 13.3. The normalized spacial score (nSPS) is 10.7. The molecule has 0 fully saturated rings. The number of rotatable bonds is 12. The Morgan fingerprint density at radius 1 is 1.07 bits per heavy atom. The van der Waals surface area contributed by atoms with E-state index >= 15 is 0 Å². The molecule has 5 aromatic rings. The van der Waals surface area contributed by atoms with Crippen LogP contribution in [0.3, 0.4) is 0 Å². The molecular formula is C35H33FN6S. The number of hydrogen-bond acceptors (Lipinski definition) is 7. The average molecular weight is 589 g/mol. The first-order valence-electron chi connectivity index (χ1n) is 14.1. The second-order valence-corrected chi connectivity index (χ2v) is 11.4. The molecular weight excluding hydrogens is 555 g/mol. The summed E-state index contributed by atoms with van der Waals surface area (Å²) < 4.78 is 13.3. The lowest BCUT2D eigenvalue weighted by atomic mass is 10.0. The summed E-state index contributed by atoms with van der Waals surface area (Å²) in [5, 5.41) is 17.3. The molecule has 8 heteroatoms. The highest BCUT2D eigenvalue weighted by Gasteiger charge is 2.14. The standard InChI is InChI=1S/C35H33FN6S/c1-5-7-27-21-39-32-14-10-26(17-31(32)34(27)42(4)6-2)33-15-13-29(43-33)22-41-35-30(16-25(18-37)20-40-35)23(3)38-19-24-8-11-28(36)12-9-24/h6,8-17,20-21,38H,2-3,5,7,19,22H2,1,4H3,(H,40,41). The summed E-state index contributed by atoms with van der Waals surface area (Å²) in [5.74, 6) is 0.350. The molecule has 0 amide bonds. The van der Waals surface area contributed by atoms with Gasteiger partial charge in [0.25, 0.3) is 0 Å². The fourth-order valence-corrected chi connectivity index (χ4v) is 5.88. The van der Waals surface area contributed by atoms with Gasteiger partial charge in [-0.3, -0.25) is 4.98 Å². The Bertz CT molecular complexity index is 1820. The van der Waals surface area contributed by atoms with E-state index in [4.69, 9.17) is 4.98 Å². The van der Waals surface area contributed by atoms with Gasteiger partial charge in [0.15, 0.2) is 0 Å². The minimum atomic E-state index is -0.277. The quantitative estimate of drug-likeness (QED) is 0.153. The molecule has 2 N–H and O–H groups in total. The first-order chi connectivity index (χ1) is 20.9. The number of aryl methyl sites for hydroxylation is 1. The molecule has 2 aromatic carbocycles. The van der Waals surface area contributed by atoms with Crippen molar-refractivity contribution in [3.8, 4) is 16.5 Å². The fraction of sp³-hybridized carbons (Fsp3) is 0.171. The van der Waals surface area contributed by atoms with E-state index in [9.17, 15) is 9.65 Å². The number of pyridine rings is 2. The van der Waals surface area contributed by atoms with Crippen LogP contribution >= 0.6 is 11.3 Å². The van der Waals surface area contributed by atoms with Gasteiger partial charge in [-0.05, 0) is 71.8 Å². The van der Waals surface area contributed by atoms with Crippen molar-refractivity contribution in [2.75, 3.05) is 17.3 Å². The third-order valence-electron chi connectivity index (χ3n) is 7.20. The van der Waals surface area contributed by atoms with Crippen LogP contribution in [0, 0.1) is 17.1 Å². The van der Waals surface area contributed by atoms with E-state index in [0.29, 0.717) is 35.7 Å². The van der Waals surface area contributed by atoms with Gasteiger partial charge in [0.1, 0.15) is 17.7 Å². The summed E-state index contributed by atoms with van der Waals surface area (Å²) in [6.45, 7) is 11.4. The average Bonchev–Trinajstić information content (AvgIpc) is 3.52. The fourth-order valence-electron chi connectivity index (χ4n) is 4.94. The monoisotopic (exact) mass is 588 g/mol. The van der Waals surface area contributed by atoms with Crippen molar-refractivity contribution >= 4 is 39.4 Å². The lowest BCUT2D eigenvalue weighted by molar-refractivity contribution is 0.626. The Morgan fingerprint density at radius 3 is 2.63 bits per heavy atom. The smallest absolute Gasteiger partial charge is 0.135 e. The molecule has 0 saturated heterocycles. The van der Waals surface area contributed by atoms with E-state index in [2.05, 4.69) is 77.0 Å². The maximum Gasteiger partial charge on any atom is 0.135 e. The Kier molecular flexibility index (Phi) is 9.14. The highest BCUT2D eigenvalue weighted by Crippen LogP contribution is 2.36. The molecule has 0 aliphatic rings. The van der Waals surface area contributed by atoms with Gasteiger partial charge in [0.2, 0.25) is 0 Å². The summed E-state index contributed by atoms with van der Waals surface area (Å²) in [5.41, 5.74) is 7.14. The van der Waals surface area contributed by atoms with Crippen molar-refractivity contribution in [3.05, 3.63) is 125 Å². The van der Waals surface area contributed by atoms with Crippen molar-refractivity contribution in [2.45, 2.75) is 32.9 Å². The van der Waals surface area contributed by atoms with Crippen LogP contribution < -0.4 is 15.5 Å². The predicted octanol–water partition coefficient (Wildman–Crippen LogP) is 8.27. The number of nitrogens with one attached hydrogen (secondary N) is 2. The molecule has 6 nitrogen and oxygen atoms in total. The molecule has 0 saturated carbocycles. The molecule has 0 spiro atoms. The Labute approximate surface area is 255 Å². The molecule has 0 aliphatic heterocycles. The van der Waals surface area contributed by atoms with Gasteiger partial charge in [-0.1, -0.05) is 44.7 Å². The van der Waals surface area contributed by atoms with Gasteiger partial charge in [-0.2, -0.15) is 5.26 Å². The summed E-state index contributed by atoms with van der Waals surface area (Å²) in [6, 6.07) is 20.9. The van der Waals surface area contributed by atoms with Gasteiger partial charge in [-0.25, -0.2) is 9.37 Å². The number of anilines is 2. The van der Waals surface area contributed by atoms with Gasteiger partial charge in [0.05, 0.1) is 23.3 Å². The van der Waals surface area contributed by atoms with Crippen molar-refractivity contribution in [1.29, 1.82) is 5.26 Å². The zero-order valence-electron chi connectivity index (χ0n) is 24.3. The summed E-state index contributed by atoms with van der Waals surface area (Å²) >= 11 is 1.71. The SMILES string of the molecule is C=CN(C)c1c(CCC)cnc2ccc(-c3ccc(CNc4ncc(C#N)cc4C(=C)NCc4ccc(F)cc4)s3)cc12. The number of benzene rings is 2. The number of nitriles is 1. The molecule has 3 heterocycles. The second kappa shape index (κ2) is 13.3. The number of nitrogens with zero attached hydrogens (tertiary/aromatic N) is 4. The molecule has 0 aliphatic carbocycles. The largest absolute Gasteiger partial charge is 0.381 e. The van der Waals surface area contributed by atoms with Crippen molar-refractivity contribution in [2.24, 2.45) is 0 Å². The van der Waals surface area contributed by atoms with Gasteiger partial charge in [-0.15, -0.1) is 11.3 Å². The molecule has 0 bridgehead atoms. The molecule has 0 unspecified atom stereocenters. The highest BCUT2D eigenvalue weighted by molar-refractivity contribution is 7.15. The minimum Gasteiger partial charge on any atom is -0.381 e. The minimum absolute atomic E-state index is 0.277. The predicted molar refractivity (Wildman–Crippen MR) is 176 cm³/mol. The Balaban J connectivity index is 1.35. The first-order valence-corrected chi connectivity index (χ1v) is 14.9. The first kappa shape index (κ1) is 29.5. The Morgan fingerprint density at radius 2 is 1.88 bits per heavy atom. The van der Waals surface area contributed by atoms with Crippen LogP contribution in [0.1, 0.15) is 40.5 Å². The summed E-state index contributed by atoms with van der Waals surface area (Å²) in [4.78, 5) is 13.6. The van der Waals surface area contributed by atoms with E-state index in [-0.39, 0.29) is 5.82 Å². The molecule has 216 valence electrons. The maximum atomic E-state index is 13.3. The van der Waals surface area contributed by atoms with E-state index in [1.807, 2.05) is 19.4 Å². The number of hydrogen-bond donors (Lipinski definition) is 2. The van der Waals surface area contributed by atoms with E-state index in [0.717, 1.165) is 50.3 Å². The third kappa shape index (κ3) is 6.74. The molecule has 3 aromatic heterocycles. The van der Waals surface area contributed by atoms with Crippen LogP contribution in [0.2, 0.25) is 0 Å². The lowest BCUT2D eigenvalue weighted by Crippen LogP contribution is -2.13. The van der Waals surface area contributed by atoms with E-state index in [1.54, 1.807) is 35.7 Å². The van der Waals surface area contributed by atoms with Crippen LogP contribution in [0.4, 0.5) is 15.9 Å². The van der Waals surface area contributed by atoms with Crippen molar-refractivity contribution in [1.82, 2.24) is 15.3 Å². The summed E-state index contributed by atoms with van der Waals surface area (Å²) in [7, 11) is 2.03. The van der Waals surface area contributed by atoms with Crippen LogP contribution in [0.15, 0.2) is 92.4 Å². The van der Waals surface area contributed by atoms with Crippen LogP contribution in [-0.2, 0) is 19.5 Å². The van der Waals surface area contributed by atoms with Crippen molar-refractivity contribution < 1.29 is 4.39 Å². The number of halogens is 1. The van der Waals surface area contributed by atoms with E-state index < -0.39 is 0 Å². The summed E-state index contributed by atoms with van der Waals surface area (Å²) in [6.07, 6.45) is 7.36. The molecule has 5 rings (SSSR count). The molecule has 0 atom stereocenters. The third-order valence-corrected chi connectivity index (χ3v) is 8.33. The number of fused-ring (bicyclic) bond motifs is 1.